The number of nitrogens with two attached hydrogens (primary N) is 1. The van der Waals surface area contributed by atoms with Crippen molar-refractivity contribution < 1.29 is 0 Å². The number of fused-ring (bicyclic) bond motifs is 1. The lowest BCUT2D eigenvalue weighted by molar-refractivity contribution is 0.259. The molecule has 2 fully saturated rings. The maximum Gasteiger partial charge on any atom is 0.0634 e. The summed E-state index contributed by atoms with van der Waals surface area (Å²) in [5.41, 5.74) is 7.42. The monoisotopic (exact) mass is 265 g/mol. The lowest BCUT2D eigenvalue weighted by atomic mass is 9.78. The number of hydrogen-bond acceptors (Lipinski definition) is 3. The van der Waals surface area contributed by atoms with Crippen molar-refractivity contribution in [3.63, 3.8) is 0 Å². The molecule has 98 valence electrons. The molecular formula is C14H20ClN3. The lowest BCUT2D eigenvalue weighted by Gasteiger charge is -2.29. The Morgan fingerprint density at radius 1 is 1.39 bits per heavy atom. The number of rotatable bonds is 2. The molecule has 0 aromatic carbocycles. The highest BCUT2D eigenvalue weighted by Gasteiger charge is 2.38. The first-order valence-corrected chi connectivity index (χ1v) is 7.18. The Morgan fingerprint density at radius 3 is 3.06 bits per heavy atom. The minimum Gasteiger partial charge on any atom is -0.327 e. The van der Waals surface area contributed by atoms with Gasteiger partial charge in [-0.3, -0.25) is 9.88 Å². The summed E-state index contributed by atoms with van der Waals surface area (Å²) in [6.45, 7) is 3.24. The van der Waals surface area contributed by atoms with Crippen LogP contribution in [0.25, 0.3) is 0 Å². The largest absolute Gasteiger partial charge is 0.327 e. The van der Waals surface area contributed by atoms with Crippen LogP contribution >= 0.6 is 11.6 Å². The summed E-state index contributed by atoms with van der Waals surface area (Å²) >= 11 is 6.17. The van der Waals surface area contributed by atoms with Crippen LogP contribution in [0.3, 0.4) is 0 Å². The number of halogens is 1. The Labute approximate surface area is 113 Å². The first-order valence-electron chi connectivity index (χ1n) is 6.80. The molecule has 1 saturated carbocycles. The van der Waals surface area contributed by atoms with Gasteiger partial charge in [-0.15, -0.1) is 0 Å². The van der Waals surface area contributed by atoms with Crippen molar-refractivity contribution >= 4 is 11.6 Å². The van der Waals surface area contributed by atoms with Gasteiger partial charge in [0.2, 0.25) is 0 Å². The Morgan fingerprint density at radius 2 is 2.28 bits per heavy atom. The summed E-state index contributed by atoms with van der Waals surface area (Å²) < 4.78 is 0. The minimum atomic E-state index is 0.404. The van der Waals surface area contributed by atoms with E-state index in [0.717, 1.165) is 24.0 Å². The lowest BCUT2D eigenvalue weighted by Crippen LogP contribution is -2.38. The smallest absolute Gasteiger partial charge is 0.0634 e. The summed E-state index contributed by atoms with van der Waals surface area (Å²) in [5.74, 6) is 1.49. The van der Waals surface area contributed by atoms with Crippen LogP contribution in [0.1, 0.15) is 24.8 Å². The fourth-order valence-corrected chi connectivity index (χ4v) is 3.69. The molecule has 1 aliphatic heterocycles. The highest BCUT2D eigenvalue weighted by atomic mass is 35.5. The van der Waals surface area contributed by atoms with Gasteiger partial charge in [0.15, 0.2) is 0 Å². The van der Waals surface area contributed by atoms with Crippen molar-refractivity contribution in [1.29, 1.82) is 0 Å². The van der Waals surface area contributed by atoms with Crippen molar-refractivity contribution in [2.75, 3.05) is 13.1 Å². The molecule has 3 nitrogen and oxygen atoms in total. The second kappa shape index (κ2) is 5.16. The predicted molar refractivity (Wildman–Crippen MR) is 73.3 cm³/mol. The third-order valence-corrected chi connectivity index (χ3v) is 4.82. The topological polar surface area (TPSA) is 42.1 Å². The van der Waals surface area contributed by atoms with Crippen LogP contribution in [-0.4, -0.2) is 29.0 Å². The van der Waals surface area contributed by atoms with Gasteiger partial charge >= 0.3 is 0 Å². The maximum atomic E-state index is 6.24. The van der Waals surface area contributed by atoms with Crippen LogP contribution in [0, 0.1) is 11.8 Å². The van der Waals surface area contributed by atoms with Gasteiger partial charge in [-0.2, -0.15) is 0 Å². The molecule has 18 heavy (non-hydrogen) atoms. The fraction of sp³-hybridized carbons (Fsp3) is 0.643. The van der Waals surface area contributed by atoms with E-state index in [1.54, 1.807) is 6.20 Å². The molecule has 0 radical (unpaired) electrons. The van der Waals surface area contributed by atoms with Crippen molar-refractivity contribution in [3.05, 3.63) is 29.0 Å². The van der Waals surface area contributed by atoms with E-state index < -0.39 is 0 Å². The Balaban J connectivity index is 1.67. The van der Waals surface area contributed by atoms with Crippen molar-refractivity contribution in [2.45, 2.75) is 31.8 Å². The van der Waals surface area contributed by atoms with E-state index >= 15 is 0 Å². The Kier molecular flexibility index (Phi) is 3.55. The zero-order valence-corrected chi connectivity index (χ0v) is 11.3. The molecule has 0 spiro atoms. The molecule has 1 aromatic rings. The van der Waals surface area contributed by atoms with Crippen LogP contribution in [0.2, 0.25) is 5.02 Å². The predicted octanol–water partition coefficient (Wildman–Crippen LogP) is 2.29. The Bertz CT molecular complexity index is 423. The summed E-state index contributed by atoms with van der Waals surface area (Å²) in [6, 6.07) is 2.42. The third-order valence-electron chi connectivity index (χ3n) is 4.48. The second-order valence-corrected chi connectivity index (χ2v) is 6.09. The minimum absolute atomic E-state index is 0.404. The third kappa shape index (κ3) is 2.40. The molecule has 0 amide bonds. The van der Waals surface area contributed by atoms with Crippen molar-refractivity contribution in [2.24, 2.45) is 17.6 Å². The normalized spacial score (nSPS) is 32.4. The molecule has 2 aliphatic rings. The Hall–Kier alpha value is -0.640. The van der Waals surface area contributed by atoms with Crippen LogP contribution in [0.5, 0.6) is 0 Å². The van der Waals surface area contributed by atoms with E-state index in [2.05, 4.69) is 9.88 Å². The van der Waals surface area contributed by atoms with Crippen LogP contribution in [0.4, 0.5) is 0 Å². The molecule has 2 heterocycles. The van der Waals surface area contributed by atoms with Crippen molar-refractivity contribution in [3.8, 4) is 0 Å². The number of nitrogens with zero attached hydrogens (tertiary/aromatic N) is 2. The van der Waals surface area contributed by atoms with E-state index in [1.165, 1.54) is 31.4 Å². The summed E-state index contributed by atoms with van der Waals surface area (Å²) in [6.07, 6.45) is 7.39. The first kappa shape index (κ1) is 12.4. The van der Waals surface area contributed by atoms with Gasteiger partial charge in [-0.05, 0) is 36.3 Å². The summed E-state index contributed by atoms with van der Waals surface area (Å²) in [7, 11) is 0. The van der Waals surface area contributed by atoms with E-state index in [-0.39, 0.29) is 0 Å². The van der Waals surface area contributed by atoms with Gasteiger partial charge in [0, 0.05) is 38.1 Å². The standard InChI is InChI=1S/C14H20ClN3/c15-13-6-17-5-4-11(13)8-18-7-10-2-1-3-14(16)12(10)9-18/h4-6,10,12,14H,1-3,7-9,16H2. The zero-order valence-electron chi connectivity index (χ0n) is 10.6. The van der Waals surface area contributed by atoms with E-state index in [1.807, 2.05) is 12.3 Å². The van der Waals surface area contributed by atoms with Gasteiger partial charge in [-0.1, -0.05) is 18.0 Å². The van der Waals surface area contributed by atoms with Gasteiger partial charge < -0.3 is 5.73 Å². The van der Waals surface area contributed by atoms with E-state index in [0.29, 0.717) is 12.0 Å². The molecular weight excluding hydrogens is 246 g/mol. The van der Waals surface area contributed by atoms with Gasteiger partial charge in [0.05, 0.1) is 5.02 Å². The molecule has 3 atom stereocenters. The van der Waals surface area contributed by atoms with Crippen molar-refractivity contribution in [1.82, 2.24) is 9.88 Å². The number of hydrogen-bond donors (Lipinski definition) is 1. The van der Waals surface area contributed by atoms with Crippen LogP contribution in [0.15, 0.2) is 18.5 Å². The second-order valence-electron chi connectivity index (χ2n) is 5.68. The fourth-order valence-electron chi connectivity index (χ4n) is 3.51. The highest BCUT2D eigenvalue weighted by Crippen LogP contribution is 2.36. The van der Waals surface area contributed by atoms with Gasteiger partial charge in [-0.25, -0.2) is 0 Å². The average molecular weight is 266 g/mol. The first-order chi connectivity index (χ1) is 8.74. The average Bonchev–Trinajstić information content (AvgIpc) is 2.76. The molecule has 1 saturated heterocycles. The molecule has 3 rings (SSSR count). The SMILES string of the molecule is NC1CCCC2CN(Cc3ccncc3Cl)CC12. The molecule has 1 aliphatic carbocycles. The number of aromatic nitrogens is 1. The number of pyridine rings is 1. The van der Waals surface area contributed by atoms with Gasteiger partial charge in [0.25, 0.3) is 0 Å². The molecule has 3 unspecified atom stereocenters. The number of likely N-dealkylation sites (tertiary alicyclic amines) is 1. The highest BCUT2D eigenvalue weighted by molar-refractivity contribution is 6.31. The molecule has 4 heteroatoms. The molecule has 1 aromatic heterocycles. The van der Waals surface area contributed by atoms with Gasteiger partial charge in [0.1, 0.15) is 0 Å². The summed E-state index contributed by atoms with van der Waals surface area (Å²) in [5, 5.41) is 0.775. The van der Waals surface area contributed by atoms with Crippen LogP contribution < -0.4 is 5.73 Å². The molecule has 2 N–H and O–H groups in total. The molecule has 0 bridgehead atoms. The zero-order chi connectivity index (χ0) is 12.5. The summed E-state index contributed by atoms with van der Waals surface area (Å²) in [4.78, 5) is 6.54. The van der Waals surface area contributed by atoms with Crippen LogP contribution in [-0.2, 0) is 6.54 Å². The van der Waals surface area contributed by atoms with E-state index in [9.17, 15) is 0 Å². The quantitative estimate of drug-likeness (QED) is 0.892. The van der Waals surface area contributed by atoms with E-state index in [4.69, 9.17) is 17.3 Å². The maximum absolute atomic E-state index is 6.24.